The molecule has 0 spiro atoms. The zero-order valence-electron chi connectivity index (χ0n) is 36.7. The highest BCUT2D eigenvalue weighted by Gasteiger charge is 2.48. The maximum Gasteiger partial charge on any atom is 0.256 e. The van der Waals surface area contributed by atoms with Gasteiger partial charge in [0.2, 0.25) is 0 Å². The van der Waals surface area contributed by atoms with Crippen molar-refractivity contribution in [1.82, 2.24) is 19.5 Å². The molecule has 11 rings (SSSR count). The molecule has 0 aliphatic carbocycles. The van der Waals surface area contributed by atoms with E-state index in [1.807, 2.05) is 84.9 Å². The van der Waals surface area contributed by atoms with E-state index in [0.717, 1.165) is 33.0 Å². The van der Waals surface area contributed by atoms with Gasteiger partial charge in [-0.25, -0.2) is 15.0 Å². The minimum absolute atomic E-state index is 0.0663. The third kappa shape index (κ3) is 7.46. The lowest BCUT2D eigenvalue weighted by molar-refractivity contribution is -0.0967. The number of ether oxygens (including phenoxy) is 5. The number of methoxy groups -OCH3 is 2. The molecule has 1 amide bonds. The Morgan fingerprint density at radius 2 is 1.30 bits per heavy atom. The van der Waals surface area contributed by atoms with Crippen LogP contribution in [-0.2, 0) is 26.4 Å². The Balaban J connectivity index is 0.977. The van der Waals surface area contributed by atoms with Crippen LogP contribution >= 0.6 is 0 Å². The molecule has 1 fully saturated rings. The van der Waals surface area contributed by atoms with Crippen molar-refractivity contribution in [2.45, 2.75) is 36.7 Å². The predicted molar refractivity (Wildman–Crippen MR) is 257 cm³/mol. The van der Waals surface area contributed by atoms with Crippen LogP contribution in [0.3, 0.4) is 0 Å². The lowest BCUT2D eigenvalue weighted by atomic mass is 9.80. The van der Waals surface area contributed by atoms with Crippen LogP contribution in [0, 0.1) is 0 Å². The van der Waals surface area contributed by atoms with E-state index < -0.39 is 30.1 Å². The number of aromatic nitrogens is 4. The average Bonchev–Trinajstić information content (AvgIpc) is 3.96. The van der Waals surface area contributed by atoms with Crippen LogP contribution in [0.15, 0.2) is 176 Å². The summed E-state index contributed by atoms with van der Waals surface area (Å²) in [6.07, 6.45) is -1.03. The highest BCUT2D eigenvalue weighted by atomic mass is 16.6. The van der Waals surface area contributed by atoms with E-state index >= 15 is 0 Å². The van der Waals surface area contributed by atoms with Crippen LogP contribution in [-0.4, -0.2) is 69.7 Å². The van der Waals surface area contributed by atoms with Crippen LogP contribution in [0.5, 0.6) is 11.5 Å². The van der Waals surface area contributed by atoms with Crippen molar-refractivity contribution in [2.24, 2.45) is 0 Å². The predicted octanol–water partition coefficient (Wildman–Crippen LogP) is 9.85. The van der Waals surface area contributed by atoms with Crippen molar-refractivity contribution in [2.75, 3.05) is 26.1 Å². The zero-order valence-corrected chi connectivity index (χ0v) is 36.7. The van der Waals surface area contributed by atoms with Crippen LogP contribution in [0.4, 0.5) is 5.82 Å². The second kappa shape index (κ2) is 17.6. The second-order valence-corrected chi connectivity index (χ2v) is 16.6. The van der Waals surface area contributed by atoms with Gasteiger partial charge in [0, 0.05) is 5.56 Å². The fourth-order valence-corrected chi connectivity index (χ4v) is 9.55. The molecular formula is C55H45N5O7. The van der Waals surface area contributed by atoms with Gasteiger partial charge >= 0.3 is 0 Å². The van der Waals surface area contributed by atoms with Gasteiger partial charge in [0.25, 0.3) is 5.91 Å². The molecular weight excluding hydrogens is 843 g/mol. The minimum atomic E-state index is -1.19. The molecule has 1 saturated heterocycles. The number of nitrogens with one attached hydrogen (secondary N) is 1. The molecule has 8 aromatic carbocycles. The Labute approximate surface area is 385 Å². The van der Waals surface area contributed by atoms with Crippen molar-refractivity contribution in [1.29, 1.82) is 0 Å². The molecule has 4 atom stereocenters. The third-order valence-electron chi connectivity index (χ3n) is 12.9. The smallest absolute Gasteiger partial charge is 0.256 e. The molecule has 2 N–H and O–H groups in total. The number of benzene rings is 8. The standard InChI is InChI=1S/C55H45N5O7/c1-63-42-25-21-40(22-26-42)55(39-14-7-4-8-15-39,41-23-27-43(64-2)28-24-41)66-31-45-49(61)50(65-30-38-19-18-36-17-16-34-12-9-13-35-20-29-44(38)47(36)46(34)35)54(67-45)60-33-58-48-51(56-32-57-52(48)60)59-53(62)37-10-5-3-6-11-37/h3-29,32-33,45,49-50,54,61H,30-31H2,1-2H3,(H,56,57,59,62)/t45-,49?,50?,54-/m1/s1. The Kier molecular flexibility index (Phi) is 11.0. The molecule has 12 nitrogen and oxygen atoms in total. The van der Waals surface area contributed by atoms with Gasteiger partial charge in [-0.05, 0) is 91.0 Å². The molecule has 1 aliphatic rings. The van der Waals surface area contributed by atoms with Gasteiger partial charge in [0.05, 0.1) is 33.8 Å². The van der Waals surface area contributed by atoms with Gasteiger partial charge in [-0.15, -0.1) is 0 Å². The van der Waals surface area contributed by atoms with E-state index in [4.69, 9.17) is 23.7 Å². The summed E-state index contributed by atoms with van der Waals surface area (Å²) in [5.41, 5.74) is 3.49. The van der Waals surface area contributed by atoms with Crippen LogP contribution in [0.2, 0.25) is 0 Å². The number of anilines is 1. The molecule has 0 bridgehead atoms. The van der Waals surface area contributed by atoms with E-state index in [2.05, 4.69) is 74.9 Å². The fraction of sp³-hybridized carbons (Fsp3) is 0.164. The van der Waals surface area contributed by atoms with Crippen LogP contribution in [0.25, 0.3) is 43.5 Å². The van der Waals surface area contributed by atoms with Crippen molar-refractivity contribution in [3.05, 3.63) is 204 Å². The first-order valence-electron chi connectivity index (χ1n) is 22.1. The first kappa shape index (κ1) is 41.9. The highest BCUT2D eigenvalue weighted by Crippen LogP contribution is 2.44. The Morgan fingerprint density at radius 1 is 0.687 bits per heavy atom. The monoisotopic (exact) mass is 887 g/mol. The number of hydrogen-bond donors (Lipinski definition) is 2. The van der Waals surface area contributed by atoms with Crippen LogP contribution in [0.1, 0.15) is 38.8 Å². The van der Waals surface area contributed by atoms with Crippen molar-refractivity contribution < 1.29 is 33.6 Å². The molecule has 0 saturated carbocycles. The molecule has 12 heteroatoms. The van der Waals surface area contributed by atoms with Crippen LogP contribution < -0.4 is 14.8 Å². The maximum atomic E-state index is 13.3. The summed E-state index contributed by atoms with van der Waals surface area (Å²) in [6, 6.07) is 53.6. The number of aliphatic hydroxyl groups is 1. The van der Waals surface area contributed by atoms with E-state index in [1.165, 1.54) is 27.9 Å². The van der Waals surface area contributed by atoms with Gasteiger partial charge in [0.1, 0.15) is 41.7 Å². The molecule has 0 radical (unpaired) electrons. The van der Waals surface area contributed by atoms with Gasteiger partial charge in [-0.1, -0.05) is 127 Å². The largest absolute Gasteiger partial charge is 0.497 e. The summed E-state index contributed by atoms with van der Waals surface area (Å²) < 4.78 is 33.9. The number of fused-ring (bicyclic) bond motifs is 1. The van der Waals surface area contributed by atoms with E-state index in [9.17, 15) is 9.90 Å². The number of nitrogens with zero attached hydrogens (tertiary/aromatic N) is 4. The maximum absolute atomic E-state index is 13.3. The van der Waals surface area contributed by atoms with Crippen molar-refractivity contribution in [3.8, 4) is 11.5 Å². The molecule has 1 aliphatic heterocycles. The lowest BCUT2D eigenvalue weighted by Crippen LogP contribution is -2.40. The zero-order chi connectivity index (χ0) is 45.5. The summed E-state index contributed by atoms with van der Waals surface area (Å²) in [7, 11) is 3.27. The van der Waals surface area contributed by atoms with E-state index in [-0.39, 0.29) is 24.9 Å². The summed E-state index contributed by atoms with van der Waals surface area (Å²) in [6.45, 7) is 0.0954. The number of amides is 1. The molecule has 3 heterocycles. The first-order valence-corrected chi connectivity index (χ1v) is 22.1. The number of rotatable bonds is 14. The van der Waals surface area contributed by atoms with Gasteiger partial charge < -0.3 is 34.1 Å². The molecule has 332 valence electrons. The Hall–Kier alpha value is -7.74. The van der Waals surface area contributed by atoms with Gasteiger partial charge in [0.15, 0.2) is 23.2 Å². The number of carbonyl (C=O) groups excluding carboxylic acids is 1. The summed E-state index contributed by atoms with van der Waals surface area (Å²) in [5.74, 6) is 1.28. The summed E-state index contributed by atoms with van der Waals surface area (Å²) in [4.78, 5) is 27.0. The molecule has 10 aromatic rings. The van der Waals surface area contributed by atoms with Gasteiger partial charge in [-0.3, -0.25) is 9.36 Å². The summed E-state index contributed by atoms with van der Waals surface area (Å²) >= 11 is 0. The Bertz CT molecular complexity index is 3280. The topological polar surface area (TPSA) is 139 Å². The Morgan fingerprint density at radius 3 is 1.97 bits per heavy atom. The first-order chi connectivity index (χ1) is 32.9. The normalized spacial score (nSPS) is 17.4. The summed E-state index contributed by atoms with van der Waals surface area (Å²) in [5, 5.41) is 22.4. The fourth-order valence-electron chi connectivity index (χ4n) is 9.55. The third-order valence-corrected chi connectivity index (χ3v) is 12.9. The van der Waals surface area contributed by atoms with E-state index in [1.54, 1.807) is 49.4 Å². The second-order valence-electron chi connectivity index (χ2n) is 16.6. The average molecular weight is 888 g/mol. The van der Waals surface area contributed by atoms with Gasteiger partial charge in [-0.2, -0.15) is 0 Å². The highest BCUT2D eigenvalue weighted by molar-refractivity contribution is 6.23. The number of hydrogen-bond acceptors (Lipinski definition) is 10. The molecule has 2 aromatic heterocycles. The number of carbonyl (C=O) groups is 1. The van der Waals surface area contributed by atoms with Crippen molar-refractivity contribution >= 4 is 55.2 Å². The molecule has 67 heavy (non-hydrogen) atoms. The minimum Gasteiger partial charge on any atom is -0.497 e. The SMILES string of the molecule is COc1ccc(C(OC[C@H]2O[C@@H](n3cnc4c(NC(=O)c5ccccc5)ncnc43)C(OCc3ccc4ccc5cccc6ccc3c4c56)C2O)(c2ccccc2)c2ccc(OC)cc2)cc1. The number of aliphatic hydroxyl groups excluding tert-OH is 1. The van der Waals surface area contributed by atoms with Crippen molar-refractivity contribution in [3.63, 3.8) is 0 Å². The lowest BCUT2D eigenvalue weighted by Gasteiger charge is -2.37. The molecule has 2 unspecified atom stereocenters. The quantitative estimate of drug-likeness (QED) is 0.0802. The number of imidazole rings is 1. The van der Waals surface area contributed by atoms with E-state index in [0.29, 0.717) is 28.2 Å².